The monoisotopic (exact) mass is 308 g/mol. The van der Waals surface area contributed by atoms with Crippen LogP contribution in [0.15, 0.2) is 28.9 Å². The zero-order valence-corrected chi connectivity index (χ0v) is 13.0. The summed E-state index contributed by atoms with van der Waals surface area (Å²) in [5.41, 5.74) is 0.858. The highest BCUT2D eigenvalue weighted by atomic mass is 35.5. The summed E-state index contributed by atoms with van der Waals surface area (Å²) in [5.74, 6) is 1.40. The topological polar surface area (TPSA) is 48.7 Å². The van der Waals surface area contributed by atoms with Crippen LogP contribution in [0.2, 0.25) is 5.02 Å². The summed E-state index contributed by atoms with van der Waals surface area (Å²) in [7, 11) is 0. The van der Waals surface area contributed by atoms with E-state index in [-0.39, 0.29) is 5.78 Å². The molecule has 0 N–H and O–H groups in total. The molecule has 0 spiro atoms. The number of ketones is 1. The Bertz CT molecular complexity index is 646. The highest BCUT2D eigenvalue weighted by molar-refractivity contribution is 6.35. The quantitative estimate of drug-likeness (QED) is 0.748. The van der Waals surface area contributed by atoms with Crippen LogP contribution in [0.5, 0.6) is 11.5 Å². The molecule has 0 radical (unpaired) electrons. The van der Waals surface area contributed by atoms with E-state index in [1.54, 1.807) is 25.1 Å². The minimum atomic E-state index is -0.199. The summed E-state index contributed by atoms with van der Waals surface area (Å²) >= 11 is 6.21. The van der Waals surface area contributed by atoms with Crippen LogP contribution in [-0.2, 0) is 0 Å². The van der Waals surface area contributed by atoms with Gasteiger partial charge < -0.3 is 13.9 Å². The van der Waals surface area contributed by atoms with Gasteiger partial charge in [0.1, 0.15) is 5.76 Å². The lowest BCUT2D eigenvalue weighted by Crippen LogP contribution is -2.05. The Morgan fingerprint density at radius 3 is 2.29 bits per heavy atom. The number of carbonyl (C=O) groups is 1. The van der Waals surface area contributed by atoms with Gasteiger partial charge in [0, 0.05) is 11.6 Å². The van der Waals surface area contributed by atoms with Crippen LogP contribution in [0.25, 0.3) is 0 Å². The molecular weight excluding hydrogens is 292 g/mol. The molecule has 1 aromatic heterocycles. The number of halogens is 1. The second kappa shape index (κ2) is 6.68. The summed E-state index contributed by atoms with van der Waals surface area (Å²) in [5, 5.41) is 0.326. The molecule has 1 aromatic carbocycles. The Morgan fingerprint density at radius 2 is 1.76 bits per heavy atom. The van der Waals surface area contributed by atoms with Crippen molar-refractivity contribution in [3.8, 4) is 11.5 Å². The lowest BCUT2D eigenvalue weighted by molar-refractivity contribution is 0.103. The summed E-state index contributed by atoms with van der Waals surface area (Å²) < 4.78 is 16.2. The van der Waals surface area contributed by atoms with Crippen LogP contribution < -0.4 is 9.47 Å². The van der Waals surface area contributed by atoms with Crippen LogP contribution in [-0.4, -0.2) is 19.0 Å². The first-order valence-corrected chi connectivity index (χ1v) is 7.14. The third-order valence-corrected chi connectivity index (χ3v) is 3.29. The van der Waals surface area contributed by atoms with Gasteiger partial charge in [-0.2, -0.15) is 0 Å². The van der Waals surface area contributed by atoms with Crippen molar-refractivity contribution in [2.45, 2.75) is 20.8 Å². The first kappa shape index (κ1) is 15.4. The number of rotatable bonds is 6. The molecule has 112 valence electrons. The Balaban J connectivity index is 2.46. The molecule has 0 fully saturated rings. The molecule has 5 heteroatoms. The summed E-state index contributed by atoms with van der Waals surface area (Å²) in [4.78, 5) is 12.5. The summed E-state index contributed by atoms with van der Waals surface area (Å²) in [6, 6.07) is 4.86. The van der Waals surface area contributed by atoms with Crippen molar-refractivity contribution in [1.82, 2.24) is 0 Å². The standard InChI is InChI=1S/C16H17ClO4/c1-4-19-14-8-12(13(17)9-15(14)20-5-2)16(18)11-6-7-21-10(11)3/h6-9H,4-5H2,1-3H3. The van der Waals surface area contributed by atoms with Crippen molar-refractivity contribution in [3.63, 3.8) is 0 Å². The average Bonchev–Trinajstić information content (AvgIpc) is 2.87. The highest BCUT2D eigenvalue weighted by Gasteiger charge is 2.20. The van der Waals surface area contributed by atoms with Gasteiger partial charge in [0.2, 0.25) is 0 Å². The molecule has 0 saturated carbocycles. The van der Waals surface area contributed by atoms with Crippen molar-refractivity contribution in [2.75, 3.05) is 13.2 Å². The molecule has 0 aliphatic rings. The van der Waals surface area contributed by atoms with E-state index >= 15 is 0 Å². The maximum atomic E-state index is 12.5. The predicted molar refractivity (Wildman–Crippen MR) is 80.7 cm³/mol. The van der Waals surface area contributed by atoms with Crippen LogP contribution in [0.4, 0.5) is 0 Å². The molecule has 0 aliphatic heterocycles. The second-order valence-electron chi connectivity index (χ2n) is 4.36. The van der Waals surface area contributed by atoms with Gasteiger partial charge in [0.05, 0.1) is 30.1 Å². The fourth-order valence-electron chi connectivity index (χ4n) is 2.01. The fourth-order valence-corrected chi connectivity index (χ4v) is 2.25. The van der Waals surface area contributed by atoms with E-state index in [9.17, 15) is 4.79 Å². The number of hydrogen-bond acceptors (Lipinski definition) is 4. The molecule has 1 heterocycles. The van der Waals surface area contributed by atoms with E-state index in [1.807, 2.05) is 13.8 Å². The van der Waals surface area contributed by atoms with Crippen LogP contribution >= 0.6 is 11.6 Å². The Labute approximate surface area is 128 Å². The van der Waals surface area contributed by atoms with Crippen molar-refractivity contribution >= 4 is 17.4 Å². The number of ether oxygens (including phenoxy) is 2. The van der Waals surface area contributed by atoms with E-state index in [1.165, 1.54) is 6.26 Å². The molecule has 0 aliphatic carbocycles. The van der Waals surface area contributed by atoms with E-state index in [2.05, 4.69) is 0 Å². The average molecular weight is 309 g/mol. The van der Waals surface area contributed by atoms with Gasteiger partial charge in [-0.05, 0) is 32.9 Å². The largest absolute Gasteiger partial charge is 0.490 e. The molecule has 21 heavy (non-hydrogen) atoms. The summed E-state index contributed by atoms with van der Waals surface area (Å²) in [6.45, 7) is 6.44. The zero-order valence-electron chi connectivity index (χ0n) is 12.2. The van der Waals surface area contributed by atoms with Crippen molar-refractivity contribution < 1.29 is 18.7 Å². The maximum absolute atomic E-state index is 12.5. The lowest BCUT2D eigenvalue weighted by atomic mass is 10.0. The van der Waals surface area contributed by atoms with Gasteiger partial charge in [0.15, 0.2) is 17.3 Å². The molecule has 0 saturated heterocycles. The Morgan fingerprint density at radius 1 is 1.14 bits per heavy atom. The molecule has 2 rings (SSSR count). The number of benzene rings is 1. The minimum absolute atomic E-state index is 0.199. The first-order valence-electron chi connectivity index (χ1n) is 6.76. The minimum Gasteiger partial charge on any atom is -0.490 e. The molecule has 0 bridgehead atoms. The number of furan rings is 1. The highest BCUT2D eigenvalue weighted by Crippen LogP contribution is 2.35. The smallest absolute Gasteiger partial charge is 0.198 e. The van der Waals surface area contributed by atoms with Gasteiger partial charge in [-0.1, -0.05) is 11.6 Å². The SMILES string of the molecule is CCOc1cc(Cl)c(C(=O)c2ccoc2C)cc1OCC. The van der Waals surface area contributed by atoms with Crippen molar-refractivity contribution in [1.29, 1.82) is 0 Å². The van der Waals surface area contributed by atoms with Crippen LogP contribution in [0.3, 0.4) is 0 Å². The third kappa shape index (κ3) is 3.22. The van der Waals surface area contributed by atoms with Crippen molar-refractivity contribution in [3.05, 3.63) is 46.4 Å². The lowest BCUT2D eigenvalue weighted by Gasteiger charge is -2.13. The first-order chi connectivity index (χ1) is 10.1. The molecule has 4 nitrogen and oxygen atoms in total. The molecule has 0 atom stereocenters. The van der Waals surface area contributed by atoms with E-state index in [0.29, 0.717) is 46.6 Å². The number of aryl methyl sites for hydroxylation is 1. The number of hydrogen-bond donors (Lipinski definition) is 0. The van der Waals surface area contributed by atoms with Gasteiger partial charge in [0.25, 0.3) is 0 Å². The van der Waals surface area contributed by atoms with Crippen LogP contribution in [0.1, 0.15) is 35.5 Å². The van der Waals surface area contributed by atoms with Gasteiger partial charge in [-0.3, -0.25) is 4.79 Å². The summed E-state index contributed by atoms with van der Waals surface area (Å²) in [6.07, 6.45) is 1.48. The third-order valence-electron chi connectivity index (χ3n) is 2.98. The van der Waals surface area contributed by atoms with Gasteiger partial charge >= 0.3 is 0 Å². The van der Waals surface area contributed by atoms with Crippen molar-refractivity contribution in [2.24, 2.45) is 0 Å². The Kier molecular flexibility index (Phi) is 4.91. The van der Waals surface area contributed by atoms with E-state index in [4.69, 9.17) is 25.5 Å². The normalized spacial score (nSPS) is 10.5. The van der Waals surface area contributed by atoms with E-state index < -0.39 is 0 Å². The number of carbonyl (C=O) groups excluding carboxylic acids is 1. The van der Waals surface area contributed by atoms with E-state index in [0.717, 1.165) is 0 Å². The molecule has 0 unspecified atom stereocenters. The molecule has 2 aromatic rings. The maximum Gasteiger partial charge on any atom is 0.198 e. The van der Waals surface area contributed by atoms with Gasteiger partial charge in [-0.25, -0.2) is 0 Å². The Hall–Kier alpha value is -1.94. The van der Waals surface area contributed by atoms with Gasteiger partial charge in [-0.15, -0.1) is 0 Å². The molecular formula is C16H17ClO4. The second-order valence-corrected chi connectivity index (χ2v) is 4.77. The zero-order chi connectivity index (χ0) is 15.4. The predicted octanol–water partition coefficient (Wildman–Crippen LogP) is 4.27. The molecule has 0 amide bonds. The van der Waals surface area contributed by atoms with Crippen LogP contribution in [0, 0.1) is 6.92 Å². The fraction of sp³-hybridized carbons (Fsp3) is 0.312.